The molecule has 0 saturated carbocycles. The molecule has 0 fully saturated rings. The van der Waals surface area contributed by atoms with E-state index in [-0.39, 0.29) is 53.0 Å². The number of pyridine rings is 1. The second-order valence-corrected chi connectivity index (χ2v) is 23.1. The second kappa shape index (κ2) is 18.3. The Morgan fingerprint density at radius 1 is 0.548 bits per heavy atom. The molecule has 11 rings (SSSR count). The first-order valence-electron chi connectivity index (χ1n) is 27.4. The number of imidazole rings is 1. The Bertz CT molecular complexity index is 4030. The van der Waals surface area contributed by atoms with Crippen molar-refractivity contribution >= 4 is 29.5 Å². The number of hydrogen-bond donors (Lipinski definition) is 0. The van der Waals surface area contributed by atoms with Gasteiger partial charge in [-0.25, -0.2) is 0 Å². The normalized spacial score (nSPS) is 13.8. The Labute approximate surface area is 448 Å². The van der Waals surface area contributed by atoms with E-state index in [9.17, 15) is 2.74 Å². The van der Waals surface area contributed by atoms with Crippen LogP contribution in [-0.4, -0.2) is 30.8 Å². The number of rotatable bonds is 8. The third-order valence-corrected chi connectivity index (χ3v) is 14.9. The molecule has 7 aromatic carbocycles. The van der Waals surface area contributed by atoms with Crippen molar-refractivity contribution in [3.63, 3.8) is 0 Å². The molecule has 1 aliphatic rings. The van der Waals surface area contributed by atoms with Crippen molar-refractivity contribution in [3.8, 4) is 67.6 Å². The molecule has 10 aromatic rings. The quantitative estimate of drug-likeness (QED) is 0.142. The van der Waals surface area contributed by atoms with Crippen LogP contribution < -0.4 is 9.55 Å². The van der Waals surface area contributed by atoms with Gasteiger partial charge in [-0.3, -0.25) is 0 Å². The third kappa shape index (κ3) is 8.94. The van der Waals surface area contributed by atoms with E-state index in [0.29, 0.717) is 22.7 Å². The summed E-state index contributed by atoms with van der Waals surface area (Å²) >= 11 is 2.37. The van der Waals surface area contributed by atoms with Crippen LogP contribution in [0.3, 0.4) is 0 Å². The molecule has 1 aliphatic heterocycles. The van der Waals surface area contributed by atoms with Gasteiger partial charge in [-0.15, -0.1) is 0 Å². The van der Waals surface area contributed by atoms with Gasteiger partial charge in [0.15, 0.2) is 0 Å². The van der Waals surface area contributed by atoms with E-state index in [2.05, 4.69) is 192 Å². The summed E-state index contributed by atoms with van der Waals surface area (Å²) in [6, 6.07) is 50.1. The first-order chi connectivity index (χ1) is 37.0. The maximum atomic E-state index is 9.31. The molecule has 0 N–H and O–H groups in total. The zero-order valence-electron chi connectivity index (χ0n) is 48.0. The monoisotopic (exact) mass is 1140 g/mol. The van der Waals surface area contributed by atoms with E-state index in [1.165, 1.54) is 16.7 Å². The Balaban J connectivity index is 1.08. The Hall–Kier alpha value is -7.28. The summed E-state index contributed by atoms with van der Waals surface area (Å²) in [7, 11) is 0. The average Bonchev–Trinajstić information content (AvgIpc) is 4.19. The standard InChI is InChI=1S/C64H61BN6O.Pt/c1-62(2,3)46-33-34-66-60(38-46)70-58-40-51(31-32-54(58)59-41-55(67-71(59)65(70)10)44-23-15-12-16-24-44)72-50-26-19-25-49(39-50)68-42-69(57-30-18-17-29-56(57)68)61-52(43-21-13-11-14-22-43)27-20-28-53(61)45-35-47(63(4,5)6)37-48(36-45)64(7,8)9;/h11-41H,1-10H3;/i11D,13D,14D,21D,22D;. The van der Waals surface area contributed by atoms with Crippen molar-refractivity contribution in [1.82, 2.24) is 23.8 Å². The fourth-order valence-electron chi connectivity index (χ4n) is 9.91. The number of hydrogen-bond acceptors (Lipinski definition) is 4. The zero-order chi connectivity index (χ0) is 55.3. The molecule has 0 bridgehead atoms. The molecule has 73 heavy (non-hydrogen) atoms. The molecule has 0 amide bonds. The molecular formula is C64H61BN6OPt. The van der Waals surface area contributed by atoms with Crippen molar-refractivity contribution in [2.24, 2.45) is 0 Å². The van der Waals surface area contributed by atoms with Gasteiger partial charge in [0.25, 0.3) is 0 Å². The number of benzene rings is 7. The predicted molar refractivity (Wildman–Crippen MR) is 299 cm³/mol. The van der Waals surface area contributed by atoms with Crippen LogP contribution in [0.2, 0.25) is 6.82 Å². The molecule has 0 radical (unpaired) electrons. The Morgan fingerprint density at radius 2 is 1.18 bits per heavy atom. The molecule has 0 aliphatic carbocycles. The van der Waals surface area contributed by atoms with Crippen molar-refractivity contribution in [2.75, 3.05) is 4.81 Å². The van der Waals surface area contributed by atoms with Gasteiger partial charge in [0, 0.05) is 11.8 Å². The summed E-state index contributed by atoms with van der Waals surface area (Å²) in [6.07, 6.45) is 1.89. The van der Waals surface area contributed by atoms with Crippen LogP contribution in [0.5, 0.6) is 11.5 Å². The summed E-state index contributed by atoms with van der Waals surface area (Å²) in [5.74, 6) is 2.09. The summed E-state index contributed by atoms with van der Waals surface area (Å²) in [4.78, 5) is 7.21. The summed E-state index contributed by atoms with van der Waals surface area (Å²) in [5, 5.41) is 5.18. The number of ether oxygens (including phenoxy) is 1. The molecule has 4 heterocycles. The number of para-hydroxylation sites is 3. The van der Waals surface area contributed by atoms with Gasteiger partial charge in [-0.2, -0.15) is 5.10 Å². The average molecular weight is 1140 g/mol. The van der Waals surface area contributed by atoms with E-state index in [1.807, 2.05) is 72.9 Å². The van der Waals surface area contributed by atoms with E-state index < -0.39 is 6.04 Å². The van der Waals surface area contributed by atoms with Gasteiger partial charge < -0.3 is 0 Å². The van der Waals surface area contributed by atoms with Gasteiger partial charge >= 0.3 is 360 Å². The molecule has 0 atom stereocenters. The fourth-order valence-corrected chi connectivity index (χ4v) is 11.0. The Kier molecular flexibility index (Phi) is 10.6. The SMILES string of the molecule is [2H]c1c([2H])c([2H])c(-c2cccc(-c3cc(C(C)(C)C)cc(C(C)(C)C)c3)c2-n2[c](=[Pt])n(-c3cccc(Oc4ccc5c(c4)N(c4cc(C(C)(C)C)ccn4)B(C)n4nc(-c6ccccc6)cc4-5)c3)c3ccccc32)c([2H])c1[2H]. The number of anilines is 2. The minimum absolute atomic E-state index is 0.0980. The third-order valence-electron chi connectivity index (χ3n) is 13.9. The first-order valence-corrected chi connectivity index (χ1v) is 26.0. The van der Waals surface area contributed by atoms with Crippen molar-refractivity contribution in [2.45, 2.75) is 85.4 Å². The zero-order valence-corrected chi connectivity index (χ0v) is 45.3. The van der Waals surface area contributed by atoms with Gasteiger partial charge in [-0.05, 0) is 17.0 Å². The fraction of sp³-hybridized carbons (Fsp3) is 0.203. The minimum atomic E-state index is -0.435. The van der Waals surface area contributed by atoms with Gasteiger partial charge in [0.2, 0.25) is 0 Å². The van der Waals surface area contributed by atoms with Gasteiger partial charge in [0.1, 0.15) is 0 Å². The van der Waals surface area contributed by atoms with E-state index >= 15 is 0 Å². The first kappa shape index (κ1) is 42.3. The van der Waals surface area contributed by atoms with Crippen LogP contribution in [0.25, 0.3) is 67.2 Å². The van der Waals surface area contributed by atoms with E-state index in [4.69, 9.17) is 18.9 Å². The van der Waals surface area contributed by atoms with Crippen molar-refractivity contribution < 1.29 is 30.9 Å². The summed E-state index contributed by atoms with van der Waals surface area (Å²) in [6.45, 7) is 21.9. The number of aromatic nitrogens is 5. The van der Waals surface area contributed by atoms with Crippen LogP contribution in [0.15, 0.2) is 188 Å². The summed E-state index contributed by atoms with van der Waals surface area (Å²) < 4.78 is 59.0. The summed E-state index contributed by atoms with van der Waals surface area (Å²) in [5.41, 5.74) is 13.7. The molecule has 9 heteroatoms. The van der Waals surface area contributed by atoms with Crippen LogP contribution in [-0.2, 0) is 35.6 Å². The second-order valence-electron chi connectivity index (χ2n) is 22.1. The van der Waals surface area contributed by atoms with E-state index in [0.717, 1.165) is 65.7 Å². The van der Waals surface area contributed by atoms with Crippen molar-refractivity contribution in [1.29, 1.82) is 0 Å². The molecule has 3 aromatic heterocycles. The van der Waals surface area contributed by atoms with Crippen LogP contribution in [0.4, 0.5) is 11.5 Å². The topological polar surface area (TPSA) is 53.0 Å². The molecule has 366 valence electrons. The molecular weight excluding hydrogens is 1070 g/mol. The number of nitrogens with zero attached hydrogens (tertiary/aromatic N) is 6. The van der Waals surface area contributed by atoms with Crippen LogP contribution >= 0.6 is 0 Å². The maximum absolute atomic E-state index is 9.31. The Morgan fingerprint density at radius 3 is 1.86 bits per heavy atom. The van der Waals surface area contributed by atoms with Crippen LogP contribution in [0, 0.1) is 3.80 Å². The van der Waals surface area contributed by atoms with Crippen LogP contribution in [0.1, 0.15) is 85.9 Å². The predicted octanol–water partition coefficient (Wildman–Crippen LogP) is 16.6. The molecule has 0 saturated heterocycles. The number of fused-ring (bicyclic) bond motifs is 4. The van der Waals surface area contributed by atoms with E-state index in [1.54, 1.807) is 0 Å². The molecule has 0 spiro atoms. The molecule has 0 unspecified atom stereocenters. The van der Waals surface area contributed by atoms with Crippen molar-refractivity contribution in [3.05, 3.63) is 209 Å². The van der Waals surface area contributed by atoms with Gasteiger partial charge in [-0.1, -0.05) is 51.1 Å². The molecule has 7 nitrogen and oxygen atoms in total. The van der Waals surface area contributed by atoms with Gasteiger partial charge in [0.05, 0.1) is 5.69 Å².